The molecule has 0 rings (SSSR count). The number of ketones is 1. The summed E-state index contributed by atoms with van der Waals surface area (Å²) in [5.74, 6) is -0.847. The van der Waals surface area contributed by atoms with Crippen molar-refractivity contribution in [2.45, 2.75) is 26.7 Å². The van der Waals surface area contributed by atoms with E-state index in [1.165, 1.54) is 0 Å². The summed E-state index contributed by atoms with van der Waals surface area (Å²) in [7, 11) is 0. The topological polar surface area (TPSA) is 43.4 Å². The Morgan fingerprint density at radius 2 is 1.92 bits per heavy atom. The van der Waals surface area contributed by atoms with Crippen LogP contribution in [0.4, 0.5) is 0 Å². The van der Waals surface area contributed by atoms with Gasteiger partial charge in [-0.3, -0.25) is 4.79 Å². The minimum Gasteiger partial charge on any atom is -0.462 e. The van der Waals surface area contributed by atoms with E-state index in [0.717, 1.165) is 6.42 Å². The minimum atomic E-state index is -0.594. The molecule has 0 saturated heterocycles. The van der Waals surface area contributed by atoms with E-state index >= 15 is 0 Å². The number of hydrogen-bond donors (Lipinski definition) is 0. The van der Waals surface area contributed by atoms with Gasteiger partial charge in [-0.15, -0.1) is 0 Å². The molecule has 3 heteroatoms. The van der Waals surface area contributed by atoms with Crippen molar-refractivity contribution in [2.75, 3.05) is 6.61 Å². The fraction of sp³-hybridized carbons (Fsp3) is 0.556. The molecule has 0 heterocycles. The maximum absolute atomic E-state index is 11.0. The maximum atomic E-state index is 11.0. The van der Waals surface area contributed by atoms with Gasteiger partial charge in [0.05, 0.1) is 12.2 Å². The number of hydrogen-bond acceptors (Lipinski definition) is 3. The molecule has 3 nitrogen and oxygen atoms in total. The first-order valence-corrected chi connectivity index (χ1v) is 4.02. The number of esters is 1. The molecular weight excluding hydrogens is 156 g/mol. The van der Waals surface area contributed by atoms with E-state index in [1.54, 1.807) is 6.92 Å². The van der Waals surface area contributed by atoms with Gasteiger partial charge in [-0.05, 0) is 6.42 Å². The van der Waals surface area contributed by atoms with Crippen LogP contribution in [-0.4, -0.2) is 18.4 Å². The molecule has 0 fully saturated rings. The lowest BCUT2D eigenvalue weighted by molar-refractivity contribution is -0.140. The Kier molecular flexibility index (Phi) is 5.00. The van der Waals surface area contributed by atoms with E-state index in [2.05, 4.69) is 6.58 Å². The van der Waals surface area contributed by atoms with Crippen LogP contribution >= 0.6 is 0 Å². The summed E-state index contributed by atoms with van der Waals surface area (Å²) in [4.78, 5) is 21.9. The van der Waals surface area contributed by atoms with Crippen LogP contribution in [0.15, 0.2) is 12.2 Å². The SMILES string of the molecule is C=C(C(=O)CC)C(=O)OCCC. The lowest BCUT2D eigenvalue weighted by Crippen LogP contribution is -2.14. The number of carbonyl (C=O) groups is 2. The van der Waals surface area contributed by atoms with Crippen LogP contribution in [0, 0.1) is 0 Å². The number of ether oxygens (including phenoxy) is 1. The summed E-state index contributed by atoms with van der Waals surface area (Å²) >= 11 is 0. The fourth-order valence-corrected chi connectivity index (χ4v) is 0.609. The van der Waals surface area contributed by atoms with E-state index in [-0.39, 0.29) is 11.4 Å². The first kappa shape index (κ1) is 10.9. The third kappa shape index (κ3) is 3.32. The Morgan fingerprint density at radius 1 is 1.33 bits per heavy atom. The van der Waals surface area contributed by atoms with Gasteiger partial charge in [0, 0.05) is 6.42 Å². The molecule has 0 unspecified atom stereocenters. The second kappa shape index (κ2) is 5.52. The molecule has 0 radical (unpaired) electrons. The maximum Gasteiger partial charge on any atom is 0.341 e. The van der Waals surface area contributed by atoms with Gasteiger partial charge in [0.15, 0.2) is 5.78 Å². The van der Waals surface area contributed by atoms with Gasteiger partial charge >= 0.3 is 5.97 Å². The van der Waals surface area contributed by atoms with Crippen molar-refractivity contribution < 1.29 is 14.3 Å². The Bertz CT molecular complexity index is 194. The van der Waals surface area contributed by atoms with Gasteiger partial charge < -0.3 is 4.74 Å². The molecule has 0 aliphatic carbocycles. The normalized spacial score (nSPS) is 9.17. The molecular formula is C9H14O3. The van der Waals surface area contributed by atoms with Gasteiger partial charge in [-0.2, -0.15) is 0 Å². The zero-order valence-corrected chi connectivity index (χ0v) is 7.55. The molecule has 12 heavy (non-hydrogen) atoms. The average molecular weight is 170 g/mol. The van der Waals surface area contributed by atoms with Crippen molar-refractivity contribution in [1.29, 1.82) is 0 Å². The minimum absolute atomic E-state index is 0.0500. The fourth-order valence-electron chi connectivity index (χ4n) is 0.609. The average Bonchev–Trinajstić information content (AvgIpc) is 2.11. The van der Waals surface area contributed by atoms with Crippen molar-refractivity contribution >= 4 is 11.8 Å². The Labute approximate surface area is 72.4 Å². The molecule has 68 valence electrons. The molecule has 0 aliphatic heterocycles. The van der Waals surface area contributed by atoms with Crippen molar-refractivity contribution in [1.82, 2.24) is 0 Å². The van der Waals surface area contributed by atoms with Crippen molar-refractivity contribution in [3.63, 3.8) is 0 Å². The first-order chi connectivity index (χ1) is 5.63. The number of rotatable bonds is 5. The second-order valence-corrected chi connectivity index (χ2v) is 2.39. The van der Waals surface area contributed by atoms with Crippen molar-refractivity contribution in [2.24, 2.45) is 0 Å². The van der Waals surface area contributed by atoms with E-state index in [0.29, 0.717) is 13.0 Å². The smallest absolute Gasteiger partial charge is 0.341 e. The highest BCUT2D eigenvalue weighted by Gasteiger charge is 2.14. The monoisotopic (exact) mass is 170 g/mol. The number of Topliss-reactive ketones (excluding diaryl/α,β-unsaturated/α-hetero) is 1. The zero-order valence-electron chi connectivity index (χ0n) is 7.55. The predicted molar refractivity (Wildman–Crippen MR) is 45.7 cm³/mol. The molecule has 0 aromatic rings. The standard InChI is InChI=1S/C9H14O3/c1-4-6-12-9(11)7(3)8(10)5-2/h3-6H2,1-2H3. The van der Waals surface area contributed by atoms with E-state index in [1.807, 2.05) is 6.92 Å². The van der Waals surface area contributed by atoms with Gasteiger partial charge in [-0.25, -0.2) is 4.79 Å². The molecule has 0 aliphatic rings. The quantitative estimate of drug-likeness (QED) is 0.271. The highest BCUT2D eigenvalue weighted by Crippen LogP contribution is 2.00. The van der Waals surface area contributed by atoms with Crippen LogP contribution in [-0.2, 0) is 14.3 Å². The molecule has 0 atom stereocenters. The van der Waals surface area contributed by atoms with Crippen LogP contribution in [0.1, 0.15) is 26.7 Å². The van der Waals surface area contributed by atoms with Crippen LogP contribution in [0.2, 0.25) is 0 Å². The van der Waals surface area contributed by atoms with Gasteiger partial charge in [-0.1, -0.05) is 20.4 Å². The summed E-state index contributed by atoms with van der Waals surface area (Å²) < 4.78 is 4.72. The van der Waals surface area contributed by atoms with Crippen LogP contribution in [0.25, 0.3) is 0 Å². The van der Waals surface area contributed by atoms with Crippen molar-refractivity contribution in [3.05, 3.63) is 12.2 Å². The highest BCUT2D eigenvalue weighted by molar-refractivity contribution is 6.16. The van der Waals surface area contributed by atoms with Crippen LogP contribution in [0.3, 0.4) is 0 Å². The lowest BCUT2D eigenvalue weighted by Gasteiger charge is -2.02. The molecule has 0 saturated carbocycles. The second-order valence-electron chi connectivity index (χ2n) is 2.39. The highest BCUT2D eigenvalue weighted by atomic mass is 16.5. The van der Waals surface area contributed by atoms with Crippen LogP contribution < -0.4 is 0 Å². The van der Waals surface area contributed by atoms with Gasteiger partial charge in [0.2, 0.25) is 0 Å². The summed E-state index contributed by atoms with van der Waals surface area (Å²) in [6, 6.07) is 0. The molecule has 0 amide bonds. The summed E-state index contributed by atoms with van der Waals surface area (Å²) in [5.41, 5.74) is -0.0500. The molecule has 0 aromatic heterocycles. The Hall–Kier alpha value is -1.12. The Morgan fingerprint density at radius 3 is 2.33 bits per heavy atom. The van der Waals surface area contributed by atoms with Crippen molar-refractivity contribution in [3.8, 4) is 0 Å². The lowest BCUT2D eigenvalue weighted by atomic mass is 10.1. The molecule has 0 aromatic carbocycles. The first-order valence-electron chi connectivity index (χ1n) is 4.02. The summed E-state index contributed by atoms with van der Waals surface area (Å²) in [6.07, 6.45) is 1.04. The number of carbonyl (C=O) groups excluding carboxylic acids is 2. The largest absolute Gasteiger partial charge is 0.462 e. The van der Waals surface area contributed by atoms with E-state index in [4.69, 9.17) is 4.74 Å². The van der Waals surface area contributed by atoms with E-state index in [9.17, 15) is 9.59 Å². The molecule has 0 bridgehead atoms. The summed E-state index contributed by atoms with van der Waals surface area (Å²) in [5, 5.41) is 0. The molecule has 0 spiro atoms. The third-order valence-corrected chi connectivity index (χ3v) is 1.34. The third-order valence-electron chi connectivity index (χ3n) is 1.34. The molecule has 0 N–H and O–H groups in total. The summed E-state index contributed by atoms with van der Waals surface area (Å²) in [6.45, 7) is 7.26. The Balaban J connectivity index is 3.93. The van der Waals surface area contributed by atoms with Gasteiger partial charge in [0.1, 0.15) is 0 Å². The zero-order chi connectivity index (χ0) is 9.56. The predicted octanol–water partition coefficient (Wildman–Crippen LogP) is 1.47. The van der Waals surface area contributed by atoms with Crippen LogP contribution in [0.5, 0.6) is 0 Å². The van der Waals surface area contributed by atoms with Gasteiger partial charge in [0.25, 0.3) is 0 Å². The van der Waals surface area contributed by atoms with E-state index < -0.39 is 5.97 Å².